The van der Waals surface area contributed by atoms with Gasteiger partial charge in [0.15, 0.2) is 5.82 Å². The Morgan fingerprint density at radius 2 is 1.89 bits per heavy atom. The Kier molecular flexibility index (Phi) is 2.62. The zero-order valence-corrected chi connectivity index (χ0v) is 10.8. The van der Waals surface area contributed by atoms with Gasteiger partial charge < -0.3 is 9.84 Å². The highest BCUT2D eigenvalue weighted by Gasteiger charge is 2.27. The van der Waals surface area contributed by atoms with Crippen molar-refractivity contribution in [2.24, 2.45) is 0 Å². The van der Waals surface area contributed by atoms with E-state index in [9.17, 15) is 0 Å². The Bertz CT molecular complexity index is 564. The summed E-state index contributed by atoms with van der Waals surface area (Å²) in [5, 5.41) is 7.55. The van der Waals surface area contributed by atoms with Crippen LogP contribution in [-0.4, -0.2) is 16.2 Å². The first-order chi connectivity index (χ1) is 9.38. The molecule has 4 heteroatoms. The lowest BCUT2D eigenvalue weighted by Gasteiger charge is -2.00. The zero-order chi connectivity index (χ0) is 12.7. The highest BCUT2D eigenvalue weighted by atomic mass is 16.5. The summed E-state index contributed by atoms with van der Waals surface area (Å²) < 4.78 is 5.33. The molecule has 2 aliphatic rings. The number of hydrogen-bond acceptors (Lipinski definition) is 4. The van der Waals surface area contributed by atoms with Crippen LogP contribution < -0.4 is 5.32 Å². The van der Waals surface area contributed by atoms with Gasteiger partial charge in [0.05, 0.1) is 6.54 Å². The van der Waals surface area contributed by atoms with Crippen molar-refractivity contribution in [1.29, 1.82) is 0 Å². The van der Waals surface area contributed by atoms with Crippen LogP contribution in [0.2, 0.25) is 0 Å². The highest BCUT2D eigenvalue weighted by Crippen LogP contribution is 2.32. The van der Waals surface area contributed by atoms with Gasteiger partial charge in [-0.1, -0.05) is 29.4 Å². The average molecular weight is 255 g/mol. The van der Waals surface area contributed by atoms with E-state index in [-0.39, 0.29) is 0 Å². The van der Waals surface area contributed by atoms with E-state index in [0.29, 0.717) is 18.5 Å². The van der Waals surface area contributed by atoms with Gasteiger partial charge in [-0.2, -0.15) is 4.98 Å². The summed E-state index contributed by atoms with van der Waals surface area (Å²) in [5.41, 5.74) is 2.85. The molecule has 0 radical (unpaired) electrons. The number of nitrogens with zero attached hydrogens (tertiary/aromatic N) is 2. The first-order valence-corrected chi connectivity index (χ1v) is 7.01. The van der Waals surface area contributed by atoms with Crippen molar-refractivity contribution in [1.82, 2.24) is 15.5 Å². The molecule has 1 heterocycles. The molecule has 0 atom stereocenters. The minimum absolute atomic E-state index is 0.385. The Morgan fingerprint density at radius 1 is 1.16 bits per heavy atom. The second kappa shape index (κ2) is 4.46. The van der Waals surface area contributed by atoms with Crippen molar-refractivity contribution in [2.75, 3.05) is 0 Å². The molecule has 1 aromatic heterocycles. The predicted molar refractivity (Wildman–Crippen MR) is 70.8 cm³/mol. The minimum Gasteiger partial charge on any atom is -0.338 e. The number of hydrogen-bond donors (Lipinski definition) is 1. The van der Waals surface area contributed by atoms with E-state index < -0.39 is 0 Å². The van der Waals surface area contributed by atoms with Crippen LogP contribution in [0, 0.1) is 0 Å². The maximum absolute atomic E-state index is 5.33. The van der Waals surface area contributed by atoms with E-state index in [4.69, 9.17) is 4.52 Å². The highest BCUT2D eigenvalue weighted by molar-refractivity contribution is 5.34. The molecule has 1 fully saturated rings. The number of rotatable bonds is 4. The van der Waals surface area contributed by atoms with E-state index in [1.807, 2.05) is 0 Å². The second-order valence-electron chi connectivity index (χ2n) is 5.58. The molecule has 0 saturated heterocycles. The van der Waals surface area contributed by atoms with Gasteiger partial charge in [-0.25, -0.2) is 0 Å². The third kappa shape index (κ3) is 2.28. The van der Waals surface area contributed by atoms with E-state index in [1.54, 1.807) is 0 Å². The third-order valence-electron chi connectivity index (χ3n) is 4.02. The van der Waals surface area contributed by atoms with Crippen LogP contribution in [0.25, 0.3) is 0 Å². The fraction of sp³-hybridized carbons (Fsp3) is 0.467. The maximum atomic E-state index is 5.33. The molecule has 1 aromatic carbocycles. The van der Waals surface area contributed by atoms with Crippen LogP contribution >= 0.6 is 0 Å². The van der Waals surface area contributed by atoms with Crippen LogP contribution in [-0.2, 0) is 19.4 Å². The third-order valence-corrected chi connectivity index (χ3v) is 4.02. The summed E-state index contributed by atoms with van der Waals surface area (Å²) in [4.78, 5) is 4.53. The van der Waals surface area contributed by atoms with E-state index >= 15 is 0 Å². The molecule has 4 nitrogen and oxygen atoms in total. The van der Waals surface area contributed by atoms with E-state index in [0.717, 1.165) is 24.6 Å². The lowest BCUT2D eigenvalue weighted by atomic mass is 10.1. The lowest BCUT2D eigenvalue weighted by molar-refractivity contribution is 0.359. The summed E-state index contributed by atoms with van der Waals surface area (Å²) in [7, 11) is 0. The molecule has 4 rings (SSSR count). The number of fused-ring (bicyclic) bond motifs is 1. The summed E-state index contributed by atoms with van der Waals surface area (Å²) in [6.45, 7) is 0.706. The van der Waals surface area contributed by atoms with Gasteiger partial charge in [0.25, 0.3) is 0 Å². The molecule has 0 spiro atoms. The van der Waals surface area contributed by atoms with Gasteiger partial charge in [0, 0.05) is 12.0 Å². The van der Waals surface area contributed by atoms with Crippen molar-refractivity contribution >= 4 is 0 Å². The fourth-order valence-corrected chi connectivity index (χ4v) is 2.77. The van der Waals surface area contributed by atoms with Gasteiger partial charge in [-0.15, -0.1) is 0 Å². The number of nitrogens with one attached hydrogen (secondary N) is 1. The summed E-state index contributed by atoms with van der Waals surface area (Å²) >= 11 is 0. The van der Waals surface area contributed by atoms with Gasteiger partial charge in [-0.05, 0) is 36.8 Å². The van der Waals surface area contributed by atoms with Crippen molar-refractivity contribution in [3.8, 4) is 0 Å². The molecular formula is C15H17N3O. The van der Waals surface area contributed by atoms with Crippen LogP contribution in [0.15, 0.2) is 28.8 Å². The van der Waals surface area contributed by atoms with Crippen molar-refractivity contribution < 1.29 is 4.52 Å². The molecule has 98 valence electrons. The molecule has 1 saturated carbocycles. The van der Waals surface area contributed by atoms with Crippen molar-refractivity contribution in [2.45, 2.75) is 44.2 Å². The normalized spacial score (nSPS) is 18.7. The van der Waals surface area contributed by atoms with Crippen LogP contribution in [0.5, 0.6) is 0 Å². The van der Waals surface area contributed by atoms with Crippen LogP contribution in [0.3, 0.4) is 0 Å². The van der Waals surface area contributed by atoms with E-state index in [1.165, 1.54) is 24.0 Å². The van der Waals surface area contributed by atoms with Crippen LogP contribution in [0.4, 0.5) is 0 Å². The first kappa shape index (κ1) is 11.2. The van der Waals surface area contributed by atoms with Gasteiger partial charge in [-0.3, -0.25) is 0 Å². The fourth-order valence-electron chi connectivity index (χ4n) is 2.77. The molecule has 1 N–H and O–H groups in total. The minimum atomic E-state index is 0.385. The summed E-state index contributed by atoms with van der Waals surface area (Å²) in [5.74, 6) is 1.97. The Balaban J connectivity index is 1.45. The second-order valence-corrected chi connectivity index (χ2v) is 5.58. The Hall–Kier alpha value is -1.68. The lowest BCUT2D eigenvalue weighted by Crippen LogP contribution is -2.15. The zero-order valence-electron chi connectivity index (χ0n) is 10.8. The van der Waals surface area contributed by atoms with Gasteiger partial charge in [0.2, 0.25) is 5.89 Å². The molecule has 0 amide bonds. The monoisotopic (exact) mass is 255 g/mol. The molecular weight excluding hydrogens is 238 g/mol. The number of benzene rings is 1. The van der Waals surface area contributed by atoms with E-state index in [2.05, 4.69) is 39.7 Å². The average Bonchev–Trinajstić information content (AvgIpc) is 2.99. The first-order valence-electron chi connectivity index (χ1n) is 7.01. The Labute approximate surface area is 112 Å². The van der Waals surface area contributed by atoms with Crippen molar-refractivity contribution in [3.63, 3.8) is 0 Å². The molecule has 19 heavy (non-hydrogen) atoms. The molecule has 2 aromatic rings. The summed E-state index contributed by atoms with van der Waals surface area (Å²) in [6.07, 6.45) is 4.62. The SMILES string of the molecule is c1ccc2c(c1)CC(c1noc(CNC3CC3)n1)C2. The maximum Gasteiger partial charge on any atom is 0.240 e. The van der Waals surface area contributed by atoms with Gasteiger partial charge in [0.1, 0.15) is 0 Å². The van der Waals surface area contributed by atoms with Crippen molar-refractivity contribution in [3.05, 3.63) is 47.1 Å². The molecule has 0 aliphatic heterocycles. The van der Waals surface area contributed by atoms with Gasteiger partial charge >= 0.3 is 0 Å². The molecule has 2 aliphatic carbocycles. The molecule has 0 bridgehead atoms. The number of aromatic nitrogens is 2. The van der Waals surface area contributed by atoms with Crippen LogP contribution in [0.1, 0.15) is 41.6 Å². The quantitative estimate of drug-likeness (QED) is 0.910. The predicted octanol–water partition coefficient (Wildman–Crippen LogP) is 2.20. The smallest absolute Gasteiger partial charge is 0.240 e. The topological polar surface area (TPSA) is 51.0 Å². The largest absolute Gasteiger partial charge is 0.338 e. The standard InChI is InChI=1S/C15H17N3O/c1-2-4-11-8-12(7-10(11)3-1)15-17-14(19-18-15)9-16-13-5-6-13/h1-4,12-13,16H,5-9H2. The molecule has 0 unspecified atom stereocenters. The Morgan fingerprint density at radius 3 is 2.58 bits per heavy atom. The summed E-state index contributed by atoms with van der Waals surface area (Å²) in [6, 6.07) is 9.27.